The summed E-state index contributed by atoms with van der Waals surface area (Å²) < 4.78 is 10.6. The number of methoxy groups -OCH3 is 1. The van der Waals surface area contributed by atoms with Crippen LogP contribution in [0.4, 0.5) is 0 Å². The molecule has 2 aliphatic heterocycles. The van der Waals surface area contributed by atoms with Crippen molar-refractivity contribution in [3.8, 4) is 17.1 Å². The summed E-state index contributed by atoms with van der Waals surface area (Å²) in [6.07, 6.45) is 0. The summed E-state index contributed by atoms with van der Waals surface area (Å²) in [4.78, 5) is 21.1. The lowest BCUT2D eigenvalue weighted by atomic mass is 10.2. The number of hydrogen-bond donors (Lipinski definition) is 1. The topological polar surface area (TPSA) is 83.7 Å². The number of rotatable bonds is 5. The largest absolute Gasteiger partial charge is 0.497 e. The number of thioether (sulfide) groups is 1. The fourth-order valence-corrected chi connectivity index (χ4v) is 4.20. The van der Waals surface area contributed by atoms with Crippen molar-refractivity contribution in [1.29, 1.82) is 0 Å². The van der Waals surface area contributed by atoms with E-state index in [0.717, 1.165) is 49.1 Å². The van der Waals surface area contributed by atoms with Crippen LogP contribution in [0.15, 0.2) is 28.8 Å². The van der Waals surface area contributed by atoms with E-state index in [2.05, 4.69) is 20.4 Å². The zero-order valence-electron chi connectivity index (χ0n) is 16.1. The third-order valence-electron chi connectivity index (χ3n) is 4.87. The van der Waals surface area contributed by atoms with Crippen LogP contribution in [-0.2, 0) is 11.3 Å². The fraction of sp³-hybridized carbons (Fsp3) is 0.500. The Kier molecular flexibility index (Phi) is 9.04. The van der Waals surface area contributed by atoms with Gasteiger partial charge in [0.2, 0.25) is 17.6 Å². The van der Waals surface area contributed by atoms with Crippen molar-refractivity contribution in [2.75, 3.05) is 44.9 Å². The first-order valence-electron chi connectivity index (χ1n) is 9.02. The monoisotopic (exact) mass is 461 g/mol. The van der Waals surface area contributed by atoms with Crippen LogP contribution in [0.2, 0.25) is 0 Å². The lowest BCUT2D eigenvalue weighted by Gasteiger charge is -2.35. The third kappa shape index (κ3) is 5.76. The molecule has 1 aromatic heterocycles. The molecule has 0 spiro atoms. The molecule has 0 radical (unpaired) electrons. The lowest BCUT2D eigenvalue weighted by Crippen LogP contribution is -2.53. The number of piperazine rings is 1. The zero-order valence-corrected chi connectivity index (χ0v) is 18.5. The molecule has 0 saturated carbocycles. The molecule has 2 fully saturated rings. The minimum Gasteiger partial charge on any atom is -0.497 e. The summed E-state index contributed by atoms with van der Waals surface area (Å²) in [5, 5.41) is 7.32. The number of benzene rings is 1. The van der Waals surface area contributed by atoms with Crippen LogP contribution in [0.3, 0.4) is 0 Å². The molecule has 2 aromatic rings. The molecule has 1 amide bonds. The van der Waals surface area contributed by atoms with Gasteiger partial charge >= 0.3 is 0 Å². The van der Waals surface area contributed by atoms with Crippen molar-refractivity contribution in [1.82, 2.24) is 25.3 Å². The van der Waals surface area contributed by atoms with Gasteiger partial charge in [-0.05, 0) is 24.3 Å². The average Bonchev–Trinajstić information content (AvgIpc) is 3.40. The number of hydrogen-bond acceptors (Lipinski definition) is 8. The first kappa shape index (κ1) is 23.8. The number of carbonyl (C=O) groups is 1. The fourth-order valence-electron chi connectivity index (χ4n) is 3.27. The molecular weight excluding hydrogens is 437 g/mol. The van der Waals surface area contributed by atoms with Gasteiger partial charge in [0.1, 0.15) is 5.75 Å². The summed E-state index contributed by atoms with van der Waals surface area (Å²) in [5.74, 6) is 3.92. The molecular formula is C18H25Cl2N5O3S. The van der Waals surface area contributed by atoms with Crippen LogP contribution in [0.5, 0.6) is 5.75 Å². The Morgan fingerprint density at radius 1 is 1.24 bits per heavy atom. The van der Waals surface area contributed by atoms with Gasteiger partial charge in [-0.1, -0.05) is 5.16 Å². The number of aromatic nitrogens is 2. The van der Waals surface area contributed by atoms with Gasteiger partial charge in [-0.2, -0.15) is 4.98 Å². The SMILES string of the molecule is COc1ccc(-c2noc(CN3CCN(C(=O)C4CSCN4)CC3)n2)cc1.Cl.Cl. The summed E-state index contributed by atoms with van der Waals surface area (Å²) in [6.45, 7) is 3.70. The second-order valence-electron chi connectivity index (χ2n) is 6.61. The smallest absolute Gasteiger partial charge is 0.241 e. The Hall–Kier alpha value is -1.52. The first-order valence-corrected chi connectivity index (χ1v) is 10.2. The van der Waals surface area contributed by atoms with Crippen LogP contribution in [0.1, 0.15) is 5.89 Å². The van der Waals surface area contributed by atoms with Gasteiger partial charge in [0.25, 0.3) is 0 Å². The van der Waals surface area contributed by atoms with Crippen molar-refractivity contribution in [3.05, 3.63) is 30.2 Å². The van der Waals surface area contributed by atoms with Crippen molar-refractivity contribution < 1.29 is 14.1 Å². The molecule has 4 rings (SSSR count). The van der Waals surface area contributed by atoms with Gasteiger partial charge in [-0.15, -0.1) is 36.6 Å². The highest BCUT2D eigenvalue weighted by molar-refractivity contribution is 7.99. The standard InChI is InChI=1S/C18H23N5O3S.2ClH/c1-25-14-4-2-13(3-5-14)17-20-16(26-21-17)10-22-6-8-23(9-7-22)18(24)15-11-27-12-19-15;;/h2-5,15,19H,6-12H2,1H3;2*1H. The maximum absolute atomic E-state index is 12.5. The second kappa shape index (κ2) is 11.0. The minimum atomic E-state index is -0.0236. The molecule has 1 atom stereocenters. The van der Waals surface area contributed by atoms with E-state index in [1.54, 1.807) is 18.9 Å². The normalized spacial score (nSPS) is 19.3. The molecule has 1 N–H and O–H groups in total. The lowest BCUT2D eigenvalue weighted by molar-refractivity contribution is -0.134. The summed E-state index contributed by atoms with van der Waals surface area (Å²) in [6, 6.07) is 7.54. The molecule has 0 bridgehead atoms. The Labute approximate surface area is 186 Å². The quantitative estimate of drug-likeness (QED) is 0.722. The zero-order chi connectivity index (χ0) is 18.6. The summed E-state index contributed by atoms with van der Waals surface area (Å²) >= 11 is 1.78. The number of nitrogens with one attached hydrogen (secondary N) is 1. The molecule has 29 heavy (non-hydrogen) atoms. The number of nitrogens with zero attached hydrogens (tertiary/aromatic N) is 4. The maximum atomic E-state index is 12.5. The highest BCUT2D eigenvalue weighted by atomic mass is 35.5. The van der Waals surface area contributed by atoms with Gasteiger partial charge < -0.3 is 14.2 Å². The number of carbonyl (C=O) groups excluding carboxylic acids is 1. The van der Waals surface area contributed by atoms with E-state index < -0.39 is 0 Å². The highest BCUT2D eigenvalue weighted by Gasteiger charge is 2.29. The Balaban J connectivity index is 0.00000150. The Morgan fingerprint density at radius 2 is 1.97 bits per heavy atom. The summed E-state index contributed by atoms with van der Waals surface area (Å²) in [5.41, 5.74) is 0.892. The van der Waals surface area contributed by atoms with Crippen LogP contribution in [0, 0.1) is 0 Å². The Morgan fingerprint density at radius 3 is 2.59 bits per heavy atom. The average molecular weight is 462 g/mol. The molecule has 160 valence electrons. The van der Waals surface area contributed by atoms with Gasteiger partial charge in [0.15, 0.2) is 0 Å². The van der Waals surface area contributed by atoms with Crippen LogP contribution in [-0.4, -0.2) is 76.8 Å². The van der Waals surface area contributed by atoms with Gasteiger partial charge in [0, 0.05) is 43.4 Å². The Bertz CT molecular complexity index is 778. The van der Waals surface area contributed by atoms with Crippen molar-refractivity contribution in [3.63, 3.8) is 0 Å². The second-order valence-corrected chi connectivity index (χ2v) is 7.64. The van der Waals surface area contributed by atoms with E-state index in [9.17, 15) is 4.79 Å². The highest BCUT2D eigenvalue weighted by Crippen LogP contribution is 2.20. The van der Waals surface area contributed by atoms with Crippen LogP contribution < -0.4 is 10.1 Å². The van der Waals surface area contributed by atoms with Gasteiger partial charge in [-0.25, -0.2) is 0 Å². The maximum Gasteiger partial charge on any atom is 0.241 e. The summed E-state index contributed by atoms with van der Waals surface area (Å²) in [7, 11) is 1.64. The molecule has 1 aromatic carbocycles. The van der Waals surface area contributed by atoms with E-state index >= 15 is 0 Å². The van der Waals surface area contributed by atoms with E-state index in [4.69, 9.17) is 9.26 Å². The minimum absolute atomic E-state index is 0. The molecule has 11 heteroatoms. The number of halogens is 2. The van der Waals surface area contributed by atoms with E-state index in [1.165, 1.54) is 0 Å². The molecule has 1 unspecified atom stereocenters. The molecule has 2 saturated heterocycles. The number of amides is 1. The van der Waals surface area contributed by atoms with Crippen molar-refractivity contribution in [2.24, 2.45) is 0 Å². The van der Waals surface area contributed by atoms with E-state index in [1.807, 2.05) is 29.2 Å². The van der Waals surface area contributed by atoms with Gasteiger partial charge in [-0.3, -0.25) is 15.0 Å². The van der Waals surface area contributed by atoms with Crippen molar-refractivity contribution in [2.45, 2.75) is 12.6 Å². The first-order chi connectivity index (χ1) is 13.2. The van der Waals surface area contributed by atoms with Crippen LogP contribution >= 0.6 is 36.6 Å². The third-order valence-corrected chi connectivity index (χ3v) is 5.81. The van der Waals surface area contributed by atoms with Crippen molar-refractivity contribution >= 4 is 42.5 Å². The van der Waals surface area contributed by atoms with Crippen LogP contribution in [0.25, 0.3) is 11.4 Å². The molecule has 8 nitrogen and oxygen atoms in total. The molecule has 2 aliphatic rings. The number of ether oxygens (including phenoxy) is 1. The molecule has 0 aliphatic carbocycles. The molecule has 3 heterocycles. The predicted molar refractivity (Wildman–Crippen MR) is 117 cm³/mol. The van der Waals surface area contributed by atoms with E-state index in [-0.39, 0.29) is 36.8 Å². The predicted octanol–water partition coefficient (Wildman–Crippen LogP) is 1.90. The van der Waals surface area contributed by atoms with Gasteiger partial charge in [0.05, 0.1) is 19.7 Å². The van der Waals surface area contributed by atoms with E-state index in [0.29, 0.717) is 18.3 Å².